The summed E-state index contributed by atoms with van der Waals surface area (Å²) in [7, 11) is 4.02. The van der Waals surface area contributed by atoms with E-state index < -0.39 is 5.92 Å². The number of rotatable bonds is 14. The Bertz CT molecular complexity index is 870. The lowest BCUT2D eigenvalue weighted by atomic mass is 10.1. The molecule has 1 saturated carbocycles. The molecule has 9 heteroatoms. The highest BCUT2D eigenvalue weighted by molar-refractivity contribution is 8.01. The first kappa shape index (κ1) is 26.2. The number of benzene rings is 1. The Morgan fingerprint density at radius 3 is 2.85 bits per heavy atom. The molecule has 3 unspecified atom stereocenters. The van der Waals surface area contributed by atoms with Gasteiger partial charge in [-0.25, -0.2) is 0 Å². The monoisotopic (exact) mass is 487 g/mol. The van der Waals surface area contributed by atoms with Crippen molar-refractivity contribution in [2.45, 2.75) is 43.2 Å². The highest BCUT2D eigenvalue weighted by Gasteiger charge is 2.41. The zero-order valence-corrected chi connectivity index (χ0v) is 21.3. The number of thioether (sulfide) groups is 1. The van der Waals surface area contributed by atoms with Crippen LogP contribution in [0.3, 0.4) is 0 Å². The fourth-order valence-corrected chi connectivity index (χ4v) is 5.47. The summed E-state index contributed by atoms with van der Waals surface area (Å²) in [5, 5.41) is 15.5. The van der Waals surface area contributed by atoms with Crippen LogP contribution in [-0.2, 0) is 9.59 Å². The van der Waals surface area contributed by atoms with E-state index in [1.807, 2.05) is 50.2 Å². The van der Waals surface area contributed by atoms with Gasteiger partial charge in [-0.3, -0.25) is 9.59 Å². The summed E-state index contributed by atoms with van der Waals surface area (Å²) in [6.07, 6.45) is 3.34. The fourth-order valence-electron chi connectivity index (χ4n) is 3.88. The van der Waals surface area contributed by atoms with Crippen molar-refractivity contribution in [3.8, 4) is 11.8 Å². The number of hydrogen-bond acceptors (Lipinski definition) is 7. The molecule has 1 aliphatic carbocycles. The topological polar surface area (TPSA) is 97.7 Å². The highest BCUT2D eigenvalue weighted by atomic mass is 32.2. The summed E-state index contributed by atoms with van der Waals surface area (Å²) in [6, 6.07) is 10.00. The number of likely N-dealkylation sites (N-methyl/N-ethyl adjacent to an activating group) is 1. The maximum Gasteiger partial charge on any atom is 0.237 e. The Balaban J connectivity index is 1.47. The van der Waals surface area contributed by atoms with Crippen molar-refractivity contribution in [2.75, 3.05) is 52.2 Å². The average molecular weight is 488 g/mol. The van der Waals surface area contributed by atoms with E-state index in [0.717, 1.165) is 30.8 Å². The first-order valence-corrected chi connectivity index (χ1v) is 13.1. The van der Waals surface area contributed by atoms with Gasteiger partial charge in [0.25, 0.3) is 0 Å². The molecule has 0 radical (unpaired) electrons. The van der Waals surface area contributed by atoms with E-state index >= 15 is 0 Å². The number of hydrogen-bond donors (Lipinski definition) is 2. The first-order chi connectivity index (χ1) is 16.4. The summed E-state index contributed by atoms with van der Waals surface area (Å²) < 4.78 is 5.79. The minimum absolute atomic E-state index is 0.0927. The quantitative estimate of drug-likeness (QED) is 0.416. The van der Waals surface area contributed by atoms with Gasteiger partial charge in [0, 0.05) is 44.4 Å². The Labute approximate surface area is 207 Å². The number of nitriles is 1. The molecule has 186 valence electrons. The third-order valence-electron chi connectivity index (χ3n) is 6.12. The van der Waals surface area contributed by atoms with Crippen molar-refractivity contribution in [1.29, 1.82) is 5.26 Å². The number of anilines is 1. The number of carbonyl (C=O) groups excluding carboxylic acids is 2. The Kier molecular flexibility index (Phi) is 9.90. The van der Waals surface area contributed by atoms with Crippen molar-refractivity contribution >= 4 is 29.3 Å². The lowest BCUT2D eigenvalue weighted by molar-refractivity contribution is -0.131. The van der Waals surface area contributed by atoms with Crippen molar-refractivity contribution in [1.82, 2.24) is 15.1 Å². The predicted octanol–water partition coefficient (Wildman–Crippen LogP) is 2.78. The minimum atomic E-state index is -0.731. The van der Waals surface area contributed by atoms with E-state index in [2.05, 4.69) is 21.6 Å². The van der Waals surface area contributed by atoms with Gasteiger partial charge in [-0.1, -0.05) is 6.07 Å². The summed E-state index contributed by atoms with van der Waals surface area (Å²) in [5.41, 5.74) is 0.957. The third kappa shape index (κ3) is 7.81. The molecule has 2 N–H and O–H groups in total. The highest BCUT2D eigenvalue weighted by Crippen LogP contribution is 2.37. The van der Waals surface area contributed by atoms with Gasteiger partial charge in [0.2, 0.25) is 11.8 Å². The molecular weight excluding hydrogens is 450 g/mol. The van der Waals surface area contributed by atoms with Gasteiger partial charge in [-0.15, -0.1) is 11.8 Å². The Hall–Kier alpha value is -2.44. The minimum Gasteiger partial charge on any atom is -0.492 e. The average Bonchev–Trinajstić information content (AvgIpc) is 3.60. The Morgan fingerprint density at radius 1 is 1.38 bits per heavy atom. The fraction of sp³-hybridized carbons (Fsp3) is 0.640. The number of amides is 2. The molecule has 2 aliphatic rings. The van der Waals surface area contributed by atoms with Crippen LogP contribution in [0, 0.1) is 23.2 Å². The molecule has 1 heterocycles. The molecular formula is C25H37N5O3S. The number of carbonyl (C=O) groups is 2. The van der Waals surface area contributed by atoms with Gasteiger partial charge in [0.05, 0.1) is 16.7 Å². The summed E-state index contributed by atoms with van der Waals surface area (Å²) in [4.78, 5) is 29.3. The van der Waals surface area contributed by atoms with E-state index in [0.29, 0.717) is 45.0 Å². The lowest BCUT2D eigenvalue weighted by Gasteiger charge is -2.23. The van der Waals surface area contributed by atoms with Crippen LogP contribution in [-0.4, -0.2) is 79.1 Å². The molecule has 3 atom stereocenters. The molecule has 1 aliphatic heterocycles. The number of nitrogens with zero attached hydrogens (tertiary/aromatic N) is 3. The van der Waals surface area contributed by atoms with Gasteiger partial charge in [-0.05, 0) is 58.3 Å². The van der Waals surface area contributed by atoms with Crippen molar-refractivity contribution in [3.63, 3.8) is 0 Å². The van der Waals surface area contributed by atoms with Crippen LogP contribution in [0.1, 0.15) is 32.6 Å². The molecule has 1 saturated heterocycles. The van der Waals surface area contributed by atoms with Crippen LogP contribution in [0.15, 0.2) is 24.3 Å². The van der Waals surface area contributed by atoms with E-state index in [-0.39, 0.29) is 22.4 Å². The van der Waals surface area contributed by atoms with E-state index in [9.17, 15) is 14.9 Å². The molecule has 1 aromatic carbocycles. The van der Waals surface area contributed by atoms with Crippen molar-refractivity contribution in [2.24, 2.45) is 11.8 Å². The van der Waals surface area contributed by atoms with Crippen molar-refractivity contribution < 1.29 is 14.3 Å². The van der Waals surface area contributed by atoms with Crippen LogP contribution >= 0.6 is 11.8 Å². The van der Waals surface area contributed by atoms with Crippen LogP contribution in [0.5, 0.6) is 5.75 Å². The van der Waals surface area contributed by atoms with E-state index in [4.69, 9.17) is 4.74 Å². The van der Waals surface area contributed by atoms with Gasteiger partial charge in [0.15, 0.2) is 0 Å². The summed E-state index contributed by atoms with van der Waals surface area (Å²) >= 11 is 1.58. The molecule has 8 nitrogen and oxygen atoms in total. The molecule has 0 aromatic heterocycles. The van der Waals surface area contributed by atoms with Crippen molar-refractivity contribution in [3.05, 3.63) is 24.3 Å². The maximum absolute atomic E-state index is 12.9. The predicted molar refractivity (Wildman–Crippen MR) is 136 cm³/mol. The maximum atomic E-state index is 12.9. The standard InChI is InChI=1S/C25H37N5O3S/c1-4-30-23(14-19(16-26)24(31)28-17-18-8-9-18)34-22(25(30)32)10-11-27-20-6-5-7-21(15-20)33-13-12-29(2)3/h5-7,15,18-19,22-23,27H,4,8-14,17H2,1-3H3,(H,28,31). The molecule has 0 bridgehead atoms. The molecule has 3 rings (SSSR count). The van der Waals surface area contributed by atoms with E-state index in [1.165, 1.54) is 0 Å². The molecule has 2 amide bonds. The molecule has 2 fully saturated rings. The smallest absolute Gasteiger partial charge is 0.237 e. The number of ether oxygens (including phenoxy) is 1. The van der Waals surface area contributed by atoms with Gasteiger partial charge >= 0.3 is 0 Å². The second kappa shape index (κ2) is 12.9. The van der Waals surface area contributed by atoms with Gasteiger partial charge in [-0.2, -0.15) is 5.26 Å². The first-order valence-electron chi connectivity index (χ1n) is 12.2. The second-order valence-corrected chi connectivity index (χ2v) is 10.6. The zero-order chi connectivity index (χ0) is 24.5. The second-order valence-electron chi connectivity index (χ2n) is 9.20. The van der Waals surface area contributed by atoms with E-state index in [1.54, 1.807) is 11.8 Å². The van der Waals surface area contributed by atoms with Crippen LogP contribution in [0.25, 0.3) is 0 Å². The summed E-state index contributed by atoms with van der Waals surface area (Å²) in [6.45, 7) is 5.31. The van der Waals surface area contributed by atoms with Crippen LogP contribution < -0.4 is 15.4 Å². The molecule has 34 heavy (non-hydrogen) atoms. The number of nitrogens with one attached hydrogen (secondary N) is 2. The molecule has 0 spiro atoms. The zero-order valence-electron chi connectivity index (χ0n) is 20.5. The largest absolute Gasteiger partial charge is 0.492 e. The SMILES string of the molecule is CCN1C(=O)C(CCNc2cccc(OCCN(C)C)c2)SC1CC(C#N)C(=O)NCC1CC1. The lowest BCUT2D eigenvalue weighted by Crippen LogP contribution is -2.38. The van der Waals surface area contributed by atoms with Crippen LogP contribution in [0.4, 0.5) is 5.69 Å². The normalized spacial score (nSPS) is 20.8. The van der Waals surface area contributed by atoms with Gasteiger partial charge in [0.1, 0.15) is 18.3 Å². The summed E-state index contributed by atoms with van der Waals surface area (Å²) in [5.74, 6) is 0.537. The Morgan fingerprint density at radius 2 is 2.18 bits per heavy atom. The molecule has 1 aromatic rings. The van der Waals surface area contributed by atoms with Crippen LogP contribution in [0.2, 0.25) is 0 Å². The third-order valence-corrected chi connectivity index (χ3v) is 7.64. The van der Waals surface area contributed by atoms with Gasteiger partial charge < -0.3 is 25.2 Å².